The molecule has 1 aromatic carbocycles. The lowest BCUT2D eigenvalue weighted by Gasteiger charge is -2.11. The summed E-state index contributed by atoms with van der Waals surface area (Å²) in [6, 6.07) is 7.51. The van der Waals surface area contributed by atoms with Crippen LogP contribution in [-0.4, -0.2) is 38.3 Å². The molecule has 0 fully saturated rings. The molecule has 0 spiro atoms. The van der Waals surface area contributed by atoms with Gasteiger partial charge in [-0.25, -0.2) is 0 Å². The predicted octanol–water partition coefficient (Wildman–Crippen LogP) is 2.14. The summed E-state index contributed by atoms with van der Waals surface area (Å²) in [4.78, 5) is 0. The van der Waals surface area contributed by atoms with E-state index in [1.165, 1.54) is 11.8 Å². The molecule has 0 aliphatic carbocycles. The second-order valence-corrected chi connectivity index (χ2v) is 5.69. The highest BCUT2D eigenvalue weighted by atomic mass is 35.5. The minimum atomic E-state index is -0.556. The normalized spacial score (nSPS) is 12.6. The lowest BCUT2D eigenvalue weighted by Crippen LogP contribution is -2.18. The van der Waals surface area contributed by atoms with Crippen LogP contribution in [0.1, 0.15) is 5.56 Å². The molecule has 2 aromatic rings. The number of aliphatic hydroxyl groups is 1. The molecule has 0 bridgehead atoms. The topological polar surface area (TPSA) is 60.2 Å². The minimum absolute atomic E-state index is 0.260. The van der Waals surface area contributed by atoms with Crippen molar-refractivity contribution in [3.63, 3.8) is 0 Å². The molecule has 7 heteroatoms. The Morgan fingerprint density at radius 2 is 2.25 bits per heavy atom. The lowest BCUT2D eigenvalue weighted by molar-refractivity contribution is 0.0398. The number of rotatable bonds is 7. The molecule has 1 heterocycles. The smallest absolute Gasteiger partial charge is 0.190 e. The zero-order valence-electron chi connectivity index (χ0n) is 11.1. The summed E-state index contributed by atoms with van der Waals surface area (Å²) in [5, 5.41) is 19.0. The maximum absolute atomic E-state index is 9.85. The molecule has 1 atom stereocenters. The number of aliphatic hydroxyl groups excluding tert-OH is 1. The third-order valence-corrected chi connectivity index (χ3v) is 4.15. The predicted molar refractivity (Wildman–Crippen MR) is 78.8 cm³/mol. The summed E-state index contributed by atoms with van der Waals surface area (Å²) in [6.45, 7) is 0.654. The Bertz CT molecular complexity index is 550. The first-order chi connectivity index (χ1) is 9.66. The Hall–Kier alpha value is -1.08. The molecular formula is C13H16ClN3O2S. The van der Waals surface area contributed by atoms with Gasteiger partial charge in [0.25, 0.3) is 0 Å². The summed E-state index contributed by atoms with van der Waals surface area (Å²) < 4.78 is 7.28. The van der Waals surface area contributed by atoms with Gasteiger partial charge >= 0.3 is 0 Å². The largest absolute Gasteiger partial charge is 0.390 e. The van der Waals surface area contributed by atoms with E-state index < -0.39 is 6.10 Å². The second-order valence-electron chi connectivity index (χ2n) is 4.30. The van der Waals surface area contributed by atoms with Gasteiger partial charge in [-0.2, -0.15) is 0 Å². The maximum Gasteiger partial charge on any atom is 0.190 e. The number of hydrogen-bond donors (Lipinski definition) is 1. The fourth-order valence-corrected chi connectivity index (χ4v) is 2.53. The van der Waals surface area contributed by atoms with Crippen LogP contribution in [0.15, 0.2) is 35.7 Å². The fourth-order valence-electron chi connectivity index (χ4n) is 1.54. The van der Waals surface area contributed by atoms with E-state index in [9.17, 15) is 5.11 Å². The molecule has 108 valence electrons. The van der Waals surface area contributed by atoms with Gasteiger partial charge in [0.2, 0.25) is 0 Å². The van der Waals surface area contributed by atoms with Crippen LogP contribution in [0.3, 0.4) is 0 Å². The van der Waals surface area contributed by atoms with Gasteiger partial charge in [-0.1, -0.05) is 41.6 Å². The van der Waals surface area contributed by atoms with Crippen molar-refractivity contribution in [2.75, 3.05) is 12.4 Å². The highest BCUT2D eigenvalue weighted by Crippen LogP contribution is 2.17. The van der Waals surface area contributed by atoms with Gasteiger partial charge in [0, 0.05) is 17.8 Å². The quantitative estimate of drug-likeness (QED) is 0.794. The van der Waals surface area contributed by atoms with Gasteiger partial charge in [-0.15, -0.1) is 10.2 Å². The third-order valence-electron chi connectivity index (χ3n) is 2.60. The van der Waals surface area contributed by atoms with Crippen LogP contribution >= 0.6 is 23.4 Å². The molecule has 0 saturated heterocycles. The van der Waals surface area contributed by atoms with E-state index in [1.807, 2.05) is 35.9 Å². The average molecular weight is 314 g/mol. The zero-order chi connectivity index (χ0) is 14.4. The molecule has 20 heavy (non-hydrogen) atoms. The first kappa shape index (κ1) is 15.3. The van der Waals surface area contributed by atoms with Crippen LogP contribution in [0.5, 0.6) is 0 Å². The van der Waals surface area contributed by atoms with Crippen LogP contribution in [0.2, 0.25) is 5.02 Å². The molecule has 0 radical (unpaired) electrons. The van der Waals surface area contributed by atoms with Crippen molar-refractivity contribution < 1.29 is 9.84 Å². The third kappa shape index (κ3) is 4.49. The van der Waals surface area contributed by atoms with Gasteiger partial charge in [0.1, 0.15) is 6.33 Å². The van der Waals surface area contributed by atoms with E-state index in [1.54, 1.807) is 6.33 Å². The van der Waals surface area contributed by atoms with Gasteiger partial charge < -0.3 is 14.4 Å². The summed E-state index contributed by atoms with van der Waals surface area (Å²) in [5.41, 5.74) is 0.919. The number of ether oxygens (including phenoxy) is 1. The van der Waals surface area contributed by atoms with Crippen LogP contribution in [0, 0.1) is 0 Å². The van der Waals surface area contributed by atoms with Crippen molar-refractivity contribution in [2.24, 2.45) is 7.05 Å². The Balaban J connectivity index is 1.69. The molecular weight excluding hydrogens is 298 g/mol. The van der Waals surface area contributed by atoms with E-state index >= 15 is 0 Å². The van der Waals surface area contributed by atoms with Crippen molar-refractivity contribution in [2.45, 2.75) is 17.9 Å². The van der Waals surface area contributed by atoms with Crippen LogP contribution in [0.25, 0.3) is 0 Å². The van der Waals surface area contributed by atoms with Gasteiger partial charge in [0.15, 0.2) is 5.16 Å². The molecule has 0 amide bonds. The van der Waals surface area contributed by atoms with E-state index in [0.717, 1.165) is 10.7 Å². The lowest BCUT2D eigenvalue weighted by atomic mass is 10.2. The Labute approximate surface area is 126 Å². The molecule has 5 nitrogen and oxygen atoms in total. The molecule has 1 aromatic heterocycles. The number of benzene rings is 1. The maximum atomic E-state index is 9.85. The highest BCUT2D eigenvalue weighted by Gasteiger charge is 2.09. The van der Waals surface area contributed by atoms with Gasteiger partial charge in [0.05, 0.1) is 19.3 Å². The van der Waals surface area contributed by atoms with Gasteiger partial charge in [-0.3, -0.25) is 0 Å². The molecule has 1 N–H and O–H groups in total. The van der Waals surface area contributed by atoms with Crippen molar-refractivity contribution >= 4 is 23.4 Å². The Kier molecular flexibility index (Phi) is 5.85. The highest BCUT2D eigenvalue weighted by molar-refractivity contribution is 7.99. The number of hydrogen-bond acceptors (Lipinski definition) is 5. The molecule has 2 rings (SSSR count). The van der Waals surface area contributed by atoms with E-state index in [-0.39, 0.29) is 6.61 Å². The van der Waals surface area contributed by atoms with Crippen LogP contribution in [-0.2, 0) is 18.4 Å². The minimum Gasteiger partial charge on any atom is -0.390 e. The fraction of sp³-hybridized carbons (Fsp3) is 0.385. The van der Waals surface area contributed by atoms with Crippen molar-refractivity contribution in [1.29, 1.82) is 0 Å². The number of halogens is 1. The van der Waals surface area contributed by atoms with E-state index in [0.29, 0.717) is 17.4 Å². The Morgan fingerprint density at radius 3 is 2.95 bits per heavy atom. The number of thioether (sulfide) groups is 1. The van der Waals surface area contributed by atoms with Crippen molar-refractivity contribution in [1.82, 2.24) is 14.8 Å². The first-order valence-corrected chi connectivity index (χ1v) is 7.49. The summed E-state index contributed by atoms with van der Waals surface area (Å²) in [6.07, 6.45) is 1.07. The molecule has 0 saturated carbocycles. The molecule has 0 aliphatic heterocycles. The van der Waals surface area contributed by atoms with E-state index in [4.69, 9.17) is 16.3 Å². The van der Waals surface area contributed by atoms with Crippen molar-refractivity contribution in [3.05, 3.63) is 41.2 Å². The number of aromatic nitrogens is 3. The van der Waals surface area contributed by atoms with Crippen LogP contribution in [0.4, 0.5) is 0 Å². The monoisotopic (exact) mass is 313 g/mol. The SMILES string of the molecule is Cn1cnnc1SCC(O)COCc1ccccc1Cl. The average Bonchev–Trinajstić information content (AvgIpc) is 2.84. The standard InChI is InChI=1S/C13H16ClN3O2S/c1-17-9-15-16-13(17)20-8-11(18)7-19-6-10-4-2-3-5-12(10)14/h2-5,9,11,18H,6-8H2,1H3. The summed E-state index contributed by atoms with van der Waals surface area (Å²) >= 11 is 7.47. The molecule has 1 unspecified atom stereocenters. The summed E-state index contributed by atoms with van der Waals surface area (Å²) in [5.74, 6) is 0.509. The van der Waals surface area contributed by atoms with Crippen LogP contribution < -0.4 is 0 Å². The van der Waals surface area contributed by atoms with Gasteiger partial charge in [-0.05, 0) is 11.6 Å². The number of aryl methyl sites for hydroxylation is 1. The first-order valence-electron chi connectivity index (χ1n) is 6.13. The molecule has 0 aliphatic rings. The summed E-state index contributed by atoms with van der Waals surface area (Å²) in [7, 11) is 1.86. The Morgan fingerprint density at radius 1 is 1.45 bits per heavy atom. The van der Waals surface area contributed by atoms with Crippen molar-refractivity contribution in [3.8, 4) is 0 Å². The van der Waals surface area contributed by atoms with E-state index in [2.05, 4.69) is 10.2 Å². The zero-order valence-corrected chi connectivity index (χ0v) is 12.6. The second kappa shape index (κ2) is 7.64. The number of nitrogens with zero attached hydrogens (tertiary/aromatic N) is 3.